The molecule has 0 saturated carbocycles. The van der Waals surface area contributed by atoms with Crippen LogP contribution in [0.2, 0.25) is 0 Å². The first-order valence-electron chi connectivity index (χ1n) is 7.67. The molecule has 0 N–H and O–H groups in total. The number of rotatable bonds is 5. The second kappa shape index (κ2) is 7.63. The van der Waals surface area contributed by atoms with E-state index in [2.05, 4.69) is 34.2 Å². The minimum atomic E-state index is -0.0345. The summed E-state index contributed by atoms with van der Waals surface area (Å²) in [6.07, 6.45) is 0. The highest BCUT2D eigenvalue weighted by Crippen LogP contribution is 2.35. The summed E-state index contributed by atoms with van der Waals surface area (Å²) in [4.78, 5) is 18.7. The number of hydrogen-bond acceptors (Lipinski definition) is 7. The number of thiazole rings is 1. The van der Waals surface area contributed by atoms with E-state index < -0.39 is 0 Å². The third-order valence-corrected chi connectivity index (χ3v) is 6.36. The van der Waals surface area contributed by atoms with Gasteiger partial charge in [0.15, 0.2) is 9.47 Å². The van der Waals surface area contributed by atoms with Crippen LogP contribution in [0.25, 0.3) is 0 Å². The number of aryl methyl sites for hydroxylation is 3. The Morgan fingerprint density at radius 1 is 1.20 bits per heavy atom. The summed E-state index contributed by atoms with van der Waals surface area (Å²) in [5, 5.41) is 10.6. The molecule has 2 aromatic heterocycles. The number of carbonyl (C=O) groups is 1. The first-order chi connectivity index (χ1) is 12.0. The lowest BCUT2D eigenvalue weighted by molar-refractivity contribution is -0.115. The van der Waals surface area contributed by atoms with Gasteiger partial charge in [-0.3, -0.25) is 9.69 Å². The number of aromatic nitrogens is 3. The SMILES string of the molecule is CC(=O)N(c1nc(CSc2nncs2)cs1)c1c(C)cc(C)cc1C. The molecule has 0 radical (unpaired) electrons. The van der Waals surface area contributed by atoms with E-state index >= 15 is 0 Å². The first-order valence-corrected chi connectivity index (χ1v) is 10.4. The third-order valence-electron chi connectivity index (χ3n) is 3.59. The van der Waals surface area contributed by atoms with Gasteiger partial charge in [0, 0.05) is 18.1 Å². The molecular formula is C17H18N4OS3. The predicted octanol–water partition coefficient (Wildman–Crippen LogP) is 4.90. The van der Waals surface area contributed by atoms with Crippen molar-refractivity contribution in [1.29, 1.82) is 0 Å². The van der Waals surface area contributed by atoms with Crippen molar-refractivity contribution >= 4 is 51.2 Å². The van der Waals surface area contributed by atoms with Crippen LogP contribution < -0.4 is 4.90 Å². The zero-order valence-corrected chi connectivity index (χ0v) is 16.9. The molecule has 1 amide bonds. The van der Waals surface area contributed by atoms with Crippen LogP contribution in [-0.4, -0.2) is 21.1 Å². The normalized spacial score (nSPS) is 10.9. The van der Waals surface area contributed by atoms with E-state index in [1.165, 1.54) is 28.2 Å². The lowest BCUT2D eigenvalue weighted by Crippen LogP contribution is -2.24. The van der Waals surface area contributed by atoms with E-state index in [0.717, 1.165) is 26.8 Å². The van der Waals surface area contributed by atoms with Crippen molar-refractivity contribution in [3.63, 3.8) is 0 Å². The van der Waals surface area contributed by atoms with Crippen molar-refractivity contribution in [3.05, 3.63) is 45.4 Å². The van der Waals surface area contributed by atoms with E-state index in [4.69, 9.17) is 0 Å². The number of hydrogen-bond donors (Lipinski definition) is 0. The first kappa shape index (κ1) is 18.0. The van der Waals surface area contributed by atoms with E-state index in [1.54, 1.807) is 29.1 Å². The Morgan fingerprint density at radius 2 is 1.92 bits per heavy atom. The molecule has 3 aromatic rings. The molecule has 0 spiro atoms. The van der Waals surface area contributed by atoms with E-state index in [9.17, 15) is 4.79 Å². The van der Waals surface area contributed by atoms with Crippen molar-refractivity contribution < 1.29 is 4.79 Å². The Kier molecular flexibility index (Phi) is 5.51. The number of anilines is 2. The number of carbonyl (C=O) groups excluding carboxylic acids is 1. The van der Waals surface area contributed by atoms with Gasteiger partial charge in [0.25, 0.3) is 0 Å². The topological polar surface area (TPSA) is 59.0 Å². The predicted molar refractivity (Wildman–Crippen MR) is 105 cm³/mol. The Hall–Kier alpha value is -1.77. The van der Waals surface area contributed by atoms with Crippen LogP contribution in [0.15, 0.2) is 27.4 Å². The average Bonchev–Trinajstić information content (AvgIpc) is 3.19. The molecule has 0 aliphatic rings. The summed E-state index contributed by atoms with van der Waals surface area (Å²) >= 11 is 4.61. The molecule has 25 heavy (non-hydrogen) atoms. The molecule has 8 heteroatoms. The summed E-state index contributed by atoms with van der Waals surface area (Å²) in [6, 6.07) is 4.19. The lowest BCUT2D eigenvalue weighted by Gasteiger charge is -2.23. The van der Waals surface area contributed by atoms with E-state index in [0.29, 0.717) is 10.9 Å². The quantitative estimate of drug-likeness (QED) is 0.580. The monoisotopic (exact) mass is 390 g/mol. The van der Waals surface area contributed by atoms with Crippen LogP contribution in [0.4, 0.5) is 10.8 Å². The van der Waals surface area contributed by atoms with Gasteiger partial charge >= 0.3 is 0 Å². The number of thioether (sulfide) groups is 1. The van der Waals surface area contributed by atoms with Gasteiger partial charge in [0.05, 0.1) is 11.4 Å². The van der Waals surface area contributed by atoms with Gasteiger partial charge in [-0.25, -0.2) is 4.98 Å². The molecule has 2 heterocycles. The van der Waals surface area contributed by atoms with Crippen LogP contribution in [0.3, 0.4) is 0 Å². The van der Waals surface area contributed by atoms with Crippen molar-refractivity contribution in [1.82, 2.24) is 15.2 Å². The van der Waals surface area contributed by atoms with Crippen molar-refractivity contribution in [2.75, 3.05) is 4.90 Å². The minimum absolute atomic E-state index is 0.0345. The van der Waals surface area contributed by atoms with Gasteiger partial charge in [-0.15, -0.1) is 21.5 Å². The molecule has 0 saturated heterocycles. The van der Waals surface area contributed by atoms with Crippen molar-refractivity contribution in [3.8, 4) is 0 Å². The molecule has 5 nitrogen and oxygen atoms in total. The van der Waals surface area contributed by atoms with Gasteiger partial charge in [0.1, 0.15) is 5.51 Å². The smallest absolute Gasteiger partial charge is 0.230 e. The molecular weight excluding hydrogens is 372 g/mol. The highest BCUT2D eigenvalue weighted by atomic mass is 32.2. The Labute approximate surface area is 159 Å². The maximum absolute atomic E-state index is 12.4. The highest BCUT2D eigenvalue weighted by Gasteiger charge is 2.21. The maximum atomic E-state index is 12.4. The van der Waals surface area contributed by atoms with Gasteiger partial charge in [-0.1, -0.05) is 40.8 Å². The third kappa shape index (κ3) is 4.08. The Balaban J connectivity index is 1.88. The van der Waals surface area contributed by atoms with E-state index in [-0.39, 0.29) is 5.91 Å². The van der Waals surface area contributed by atoms with Gasteiger partial charge in [-0.2, -0.15) is 0 Å². The zero-order chi connectivity index (χ0) is 18.0. The molecule has 0 atom stereocenters. The fourth-order valence-electron chi connectivity index (χ4n) is 2.74. The minimum Gasteiger partial charge on any atom is -0.274 e. The van der Waals surface area contributed by atoms with Gasteiger partial charge in [-0.05, 0) is 31.9 Å². The molecule has 3 rings (SSSR count). The molecule has 0 aliphatic heterocycles. The summed E-state index contributed by atoms with van der Waals surface area (Å²) in [7, 11) is 0. The van der Waals surface area contributed by atoms with Gasteiger partial charge < -0.3 is 0 Å². The lowest BCUT2D eigenvalue weighted by atomic mass is 10.0. The van der Waals surface area contributed by atoms with Gasteiger partial charge in [0.2, 0.25) is 5.91 Å². The summed E-state index contributed by atoms with van der Waals surface area (Å²) in [5.74, 6) is 0.677. The number of nitrogens with zero attached hydrogens (tertiary/aromatic N) is 4. The second-order valence-electron chi connectivity index (χ2n) is 5.72. The molecule has 0 fully saturated rings. The van der Waals surface area contributed by atoms with Crippen molar-refractivity contribution in [2.45, 2.75) is 37.8 Å². The van der Waals surface area contributed by atoms with Crippen molar-refractivity contribution in [2.24, 2.45) is 0 Å². The Morgan fingerprint density at radius 3 is 2.52 bits per heavy atom. The zero-order valence-electron chi connectivity index (χ0n) is 14.4. The highest BCUT2D eigenvalue weighted by molar-refractivity contribution is 8.00. The van der Waals surface area contributed by atoms with Crippen LogP contribution >= 0.6 is 34.4 Å². The van der Waals surface area contributed by atoms with Crippen LogP contribution in [0.1, 0.15) is 29.3 Å². The molecule has 130 valence electrons. The van der Waals surface area contributed by atoms with Crippen LogP contribution in [0.5, 0.6) is 0 Å². The van der Waals surface area contributed by atoms with Crippen LogP contribution in [-0.2, 0) is 10.5 Å². The summed E-state index contributed by atoms with van der Waals surface area (Å²) < 4.78 is 0.920. The molecule has 0 unspecified atom stereocenters. The van der Waals surface area contributed by atoms with E-state index in [1.807, 2.05) is 19.2 Å². The summed E-state index contributed by atoms with van der Waals surface area (Å²) in [6.45, 7) is 7.71. The van der Waals surface area contributed by atoms with Crippen LogP contribution in [0, 0.1) is 20.8 Å². The summed E-state index contributed by atoms with van der Waals surface area (Å²) in [5.41, 5.74) is 6.93. The maximum Gasteiger partial charge on any atom is 0.230 e. The number of benzene rings is 1. The molecule has 0 bridgehead atoms. The second-order valence-corrected chi connectivity index (χ2v) is 8.61. The fourth-order valence-corrected chi connectivity index (χ4v) is 5.10. The Bertz CT molecular complexity index is 866. The fraction of sp³-hybridized carbons (Fsp3) is 0.294. The standard InChI is InChI=1S/C17H18N4OS3/c1-10-5-11(2)15(12(3)6-10)21(13(4)22)16-19-14(7-23-16)8-24-17-20-18-9-25-17/h5-7,9H,8H2,1-4H3. The molecule has 1 aromatic carbocycles. The number of amides is 1. The largest absolute Gasteiger partial charge is 0.274 e. The average molecular weight is 391 g/mol. The molecule has 0 aliphatic carbocycles.